The van der Waals surface area contributed by atoms with Gasteiger partial charge in [-0.1, -0.05) is 12.1 Å². The molecular weight excluding hydrogens is 348 g/mol. The molecule has 1 aromatic carbocycles. The van der Waals surface area contributed by atoms with Crippen molar-refractivity contribution in [1.29, 1.82) is 0 Å². The van der Waals surface area contributed by atoms with Crippen LogP contribution in [0.15, 0.2) is 51.9 Å². The lowest BCUT2D eigenvalue weighted by molar-refractivity contribution is 0.0646. The second-order valence-corrected chi connectivity index (χ2v) is 6.47. The highest BCUT2D eigenvalue weighted by Gasteiger charge is 2.27. The summed E-state index contributed by atoms with van der Waals surface area (Å²) in [5, 5.41) is 2.82. The third kappa shape index (κ3) is 3.46. The van der Waals surface area contributed by atoms with Crippen molar-refractivity contribution in [2.45, 2.75) is 18.9 Å². The second-order valence-electron chi connectivity index (χ2n) is 6.47. The Morgan fingerprint density at radius 1 is 1.22 bits per heavy atom. The molecule has 0 bridgehead atoms. The first-order valence-corrected chi connectivity index (χ1v) is 8.74. The number of benzene rings is 1. The summed E-state index contributed by atoms with van der Waals surface area (Å²) in [7, 11) is 0. The van der Waals surface area contributed by atoms with Gasteiger partial charge in [0.05, 0.1) is 17.3 Å². The van der Waals surface area contributed by atoms with E-state index < -0.39 is 11.5 Å². The van der Waals surface area contributed by atoms with Gasteiger partial charge in [-0.05, 0) is 37.1 Å². The molecule has 0 aliphatic carbocycles. The molecule has 138 valence electrons. The van der Waals surface area contributed by atoms with Crippen molar-refractivity contribution in [3.8, 4) is 0 Å². The summed E-state index contributed by atoms with van der Waals surface area (Å²) in [4.78, 5) is 45.7. The number of likely N-dealkylation sites (tertiary alicyclic amines) is 1. The Hall–Kier alpha value is -3.42. The smallest absolute Gasteiger partial charge is 0.289 e. The minimum absolute atomic E-state index is 0.178. The van der Waals surface area contributed by atoms with E-state index >= 15 is 0 Å². The Balaban J connectivity index is 1.48. The van der Waals surface area contributed by atoms with Gasteiger partial charge in [0.2, 0.25) is 0 Å². The maximum absolute atomic E-state index is 12.6. The Morgan fingerprint density at radius 3 is 2.89 bits per heavy atom. The molecule has 8 nitrogen and oxygen atoms in total. The average Bonchev–Trinajstić information content (AvgIpc) is 3.21. The Kier molecular flexibility index (Phi) is 4.45. The fourth-order valence-corrected chi connectivity index (χ4v) is 3.27. The number of carbonyl (C=O) groups excluding carboxylic acids is 2. The van der Waals surface area contributed by atoms with Crippen molar-refractivity contribution < 1.29 is 14.0 Å². The van der Waals surface area contributed by atoms with Crippen LogP contribution in [-0.4, -0.2) is 45.8 Å². The average molecular weight is 366 g/mol. The van der Waals surface area contributed by atoms with Crippen molar-refractivity contribution in [3.05, 3.63) is 64.5 Å². The quantitative estimate of drug-likeness (QED) is 0.731. The van der Waals surface area contributed by atoms with Gasteiger partial charge in [0, 0.05) is 19.1 Å². The third-order valence-electron chi connectivity index (χ3n) is 4.59. The van der Waals surface area contributed by atoms with Crippen LogP contribution in [0.1, 0.15) is 33.9 Å². The fraction of sp³-hybridized carbons (Fsp3) is 0.263. The number of fused-ring (bicyclic) bond motifs is 1. The number of para-hydroxylation sites is 2. The van der Waals surface area contributed by atoms with Crippen LogP contribution in [0.4, 0.5) is 0 Å². The molecule has 3 aromatic rings. The first-order valence-electron chi connectivity index (χ1n) is 8.74. The number of nitrogens with one attached hydrogen (secondary N) is 2. The molecule has 1 atom stereocenters. The number of aromatic amines is 1. The van der Waals surface area contributed by atoms with Gasteiger partial charge in [-0.15, -0.1) is 0 Å². The molecule has 1 fully saturated rings. The molecule has 0 saturated carbocycles. The van der Waals surface area contributed by atoms with Gasteiger partial charge in [-0.25, -0.2) is 4.98 Å². The highest BCUT2D eigenvalue weighted by Crippen LogP contribution is 2.15. The normalized spacial score (nSPS) is 17.0. The molecule has 27 heavy (non-hydrogen) atoms. The van der Waals surface area contributed by atoms with Gasteiger partial charge < -0.3 is 19.6 Å². The van der Waals surface area contributed by atoms with E-state index in [1.165, 1.54) is 6.26 Å². The summed E-state index contributed by atoms with van der Waals surface area (Å²) in [6.45, 7) is 0.956. The van der Waals surface area contributed by atoms with Crippen LogP contribution in [0.5, 0.6) is 0 Å². The Bertz CT molecular complexity index is 1040. The van der Waals surface area contributed by atoms with Crippen LogP contribution in [-0.2, 0) is 0 Å². The molecule has 1 aliphatic rings. The molecule has 0 radical (unpaired) electrons. The monoisotopic (exact) mass is 366 g/mol. The largest absolute Gasteiger partial charge is 0.459 e. The Labute approximate surface area is 154 Å². The molecule has 0 spiro atoms. The number of rotatable bonds is 3. The number of amides is 2. The first kappa shape index (κ1) is 17.0. The summed E-state index contributed by atoms with van der Waals surface area (Å²) in [6, 6.07) is 10.0. The predicted octanol–water partition coefficient (Wildman–Crippen LogP) is 1.55. The molecule has 2 amide bonds. The number of aromatic nitrogens is 2. The van der Waals surface area contributed by atoms with E-state index in [0.29, 0.717) is 24.1 Å². The molecule has 1 saturated heterocycles. The highest BCUT2D eigenvalue weighted by molar-refractivity contribution is 5.94. The summed E-state index contributed by atoms with van der Waals surface area (Å²) < 4.78 is 5.16. The van der Waals surface area contributed by atoms with Crippen molar-refractivity contribution in [2.75, 3.05) is 13.1 Å². The zero-order chi connectivity index (χ0) is 18.8. The predicted molar refractivity (Wildman–Crippen MR) is 97.5 cm³/mol. The van der Waals surface area contributed by atoms with E-state index in [4.69, 9.17) is 4.42 Å². The summed E-state index contributed by atoms with van der Waals surface area (Å²) in [5.74, 6) is -0.477. The van der Waals surface area contributed by atoms with Gasteiger partial charge in [0.1, 0.15) is 0 Å². The minimum atomic E-state index is -0.542. The van der Waals surface area contributed by atoms with Crippen LogP contribution in [0.2, 0.25) is 0 Å². The summed E-state index contributed by atoms with van der Waals surface area (Å²) >= 11 is 0. The molecule has 2 N–H and O–H groups in total. The van der Waals surface area contributed by atoms with Gasteiger partial charge in [0.15, 0.2) is 11.5 Å². The van der Waals surface area contributed by atoms with Gasteiger partial charge in [0.25, 0.3) is 17.4 Å². The minimum Gasteiger partial charge on any atom is -0.459 e. The van der Waals surface area contributed by atoms with Crippen LogP contribution >= 0.6 is 0 Å². The van der Waals surface area contributed by atoms with Crippen LogP contribution in [0, 0.1) is 0 Å². The molecule has 0 unspecified atom stereocenters. The van der Waals surface area contributed by atoms with E-state index in [0.717, 1.165) is 12.8 Å². The highest BCUT2D eigenvalue weighted by atomic mass is 16.3. The SMILES string of the molecule is O=C(N[C@@H]1CCCN(C(=O)c2ccco2)C1)c1nc2ccccc2[nH]c1=O. The maximum atomic E-state index is 12.6. The Morgan fingerprint density at radius 2 is 2.07 bits per heavy atom. The lowest BCUT2D eigenvalue weighted by atomic mass is 10.1. The van der Waals surface area contributed by atoms with Gasteiger partial charge in [-0.2, -0.15) is 0 Å². The maximum Gasteiger partial charge on any atom is 0.289 e. The van der Waals surface area contributed by atoms with Crippen molar-refractivity contribution in [1.82, 2.24) is 20.2 Å². The number of H-pyrrole nitrogens is 1. The van der Waals surface area contributed by atoms with E-state index in [1.54, 1.807) is 41.3 Å². The summed E-state index contributed by atoms with van der Waals surface area (Å²) in [5.41, 5.74) is 0.404. The van der Waals surface area contributed by atoms with Crippen molar-refractivity contribution in [2.24, 2.45) is 0 Å². The summed E-state index contributed by atoms with van der Waals surface area (Å²) in [6.07, 6.45) is 2.92. The lowest BCUT2D eigenvalue weighted by Crippen LogP contribution is -2.50. The molecule has 3 heterocycles. The first-order chi connectivity index (χ1) is 13.1. The van der Waals surface area contributed by atoms with Crippen molar-refractivity contribution >= 4 is 22.8 Å². The van der Waals surface area contributed by atoms with Crippen LogP contribution < -0.4 is 10.9 Å². The lowest BCUT2D eigenvalue weighted by Gasteiger charge is -2.32. The van der Waals surface area contributed by atoms with Crippen molar-refractivity contribution in [3.63, 3.8) is 0 Å². The number of piperidine rings is 1. The van der Waals surface area contributed by atoms with Gasteiger partial charge in [-0.3, -0.25) is 14.4 Å². The number of hydrogen-bond donors (Lipinski definition) is 2. The van der Waals surface area contributed by atoms with Gasteiger partial charge >= 0.3 is 0 Å². The molecule has 1 aliphatic heterocycles. The topological polar surface area (TPSA) is 108 Å². The van der Waals surface area contributed by atoms with E-state index in [-0.39, 0.29) is 23.4 Å². The number of hydrogen-bond acceptors (Lipinski definition) is 5. The second kappa shape index (κ2) is 7.06. The fourth-order valence-electron chi connectivity index (χ4n) is 3.27. The van der Waals surface area contributed by atoms with Crippen LogP contribution in [0.25, 0.3) is 11.0 Å². The van der Waals surface area contributed by atoms with E-state index in [9.17, 15) is 14.4 Å². The standard InChI is InChI=1S/C19H18N4O4/c24-17(16-18(25)22-14-7-2-1-6-13(14)21-16)20-12-5-3-9-23(11-12)19(26)15-8-4-10-27-15/h1-2,4,6-8,10,12H,3,5,9,11H2,(H,20,24)(H,22,25)/t12-/m1/s1. The number of nitrogens with zero attached hydrogens (tertiary/aromatic N) is 2. The zero-order valence-electron chi connectivity index (χ0n) is 14.5. The number of carbonyl (C=O) groups is 2. The number of furan rings is 1. The zero-order valence-corrected chi connectivity index (χ0v) is 14.5. The molecule has 4 rings (SSSR count). The van der Waals surface area contributed by atoms with E-state index in [2.05, 4.69) is 15.3 Å². The molecule has 8 heteroatoms. The van der Waals surface area contributed by atoms with E-state index in [1.807, 2.05) is 0 Å². The van der Waals surface area contributed by atoms with Crippen LogP contribution in [0.3, 0.4) is 0 Å². The molecular formula is C19H18N4O4. The third-order valence-corrected chi connectivity index (χ3v) is 4.59. The molecule has 2 aromatic heterocycles.